The number of ether oxygens (including phenoxy) is 1. The maximum Gasteiger partial charge on any atom is 0.261 e. The number of anilines is 1. The van der Waals surface area contributed by atoms with E-state index >= 15 is 0 Å². The number of nitrogens with two attached hydrogens (primary N) is 1. The summed E-state index contributed by atoms with van der Waals surface area (Å²) in [5.74, 6) is 2.12. The van der Waals surface area contributed by atoms with Crippen LogP contribution < -0.4 is 10.5 Å². The average Bonchev–Trinajstić information content (AvgIpc) is 3.30. The number of hydrogen-bond donors (Lipinski definition) is 1. The molecule has 0 aliphatic carbocycles. The van der Waals surface area contributed by atoms with E-state index in [2.05, 4.69) is 21.1 Å². The molecule has 0 radical (unpaired) electrons. The molecule has 3 heterocycles. The first-order valence-electron chi connectivity index (χ1n) is 10.1. The lowest BCUT2D eigenvalue weighted by Gasteiger charge is -2.30. The van der Waals surface area contributed by atoms with Crippen molar-refractivity contribution in [2.45, 2.75) is 57.5 Å². The molecule has 2 aliphatic heterocycles. The third kappa shape index (κ3) is 4.05. The lowest BCUT2D eigenvalue weighted by Crippen LogP contribution is -2.33. The SMILES string of the molecule is CC1(C)Cc2c(N)c(Cl)cc(-c3nc(C4CCN(CCCC#N)CC4)no3)c2O1. The number of rotatable bonds is 5. The summed E-state index contributed by atoms with van der Waals surface area (Å²) < 4.78 is 11.7. The van der Waals surface area contributed by atoms with Crippen LogP contribution in [0.3, 0.4) is 0 Å². The number of nitriles is 1. The van der Waals surface area contributed by atoms with E-state index in [-0.39, 0.29) is 11.5 Å². The van der Waals surface area contributed by atoms with Gasteiger partial charge in [0.1, 0.15) is 11.4 Å². The van der Waals surface area contributed by atoms with Gasteiger partial charge in [-0.3, -0.25) is 0 Å². The third-order valence-corrected chi connectivity index (χ3v) is 6.05. The van der Waals surface area contributed by atoms with Crippen LogP contribution in [0.2, 0.25) is 5.02 Å². The van der Waals surface area contributed by atoms with Gasteiger partial charge in [0.25, 0.3) is 5.89 Å². The molecule has 154 valence electrons. The van der Waals surface area contributed by atoms with Crippen molar-refractivity contribution in [1.82, 2.24) is 15.0 Å². The van der Waals surface area contributed by atoms with Crippen molar-refractivity contribution < 1.29 is 9.26 Å². The van der Waals surface area contributed by atoms with Crippen molar-refractivity contribution in [2.24, 2.45) is 0 Å². The van der Waals surface area contributed by atoms with Crippen LogP contribution in [0.1, 0.15) is 56.8 Å². The number of halogens is 1. The predicted molar refractivity (Wildman–Crippen MR) is 111 cm³/mol. The number of piperidine rings is 1. The van der Waals surface area contributed by atoms with E-state index in [9.17, 15) is 0 Å². The van der Waals surface area contributed by atoms with Crippen molar-refractivity contribution in [1.29, 1.82) is 5.26 Å². The number of aromatic nitrogens is 2. The van der Waals surface area contributed by atoms with Crippen molar-refractivity contribution in [3.63, 3.8) is 0 Å². The molecular formula is C21H26ClN5O2. The Bertz CT molecular complexity index is 941. The molecule has 0 unspecified atom stereocenters. The Balaban J connectivity index is 1.51. The summed E-state index contributed by atoms with van der Waals surface area (Å²) in [5, 5.41) is 13.4. The second kappa shape index (κ2) is 7.85. The summed E-state index contributed by atoms with van der Waals surface area (Å²) in [7, 11) is 0. The zero-order chi connectivity index (χ0) is 20.6. The van der Waals surface area contributed by atoms with Gasteiger partial charge in [-0.1, -0.05) is 16.8 Å². The Hall–Kier alpha value is -2.30. The summed E-state index contributed by atoms with van der Waals surface area (Å²) in [6, 6.07) is 3.96. The van der Waals surface area contributed by atoms with E-state index in [0.29, 0.717) is 40.8 Å². The summed E-state index contributed by atoms with van der Waals surface area (Å²) in [4.78, 5) is 7.08. The normalized spacial score (nSPS) is 19.0. The molecule has 0 spiro atoms. The Kier molecular flexibility index (Phi) is 5.41. The van der Waals surface area contributed by atoms with Crippen LogP contribution in [0, 0.1) is 11.3 Å². The highest BCUT2D eigenvalue weighted by Crippen LogP contribution is 2.47. The lowest BCUT2D eigenvalue weighted by molar-refractivity contribution is 0.139. The Morgan fingerprint density at radius 3 is 2.86 bits per heavy atom. The minimum absolute atomic E-state index is 0.273. The minimum atomic E-state index is -0.350. The number of likely N-dealkylation sites (tertiary alicyclic amines) is 1. The van der Waals surface area contributed by atoms with Crippen LogP contribution in [0.5, 0.6) is 5.75 Å². The molecule has 7 nitrogen and oxygen atoms in total. The summed E-state index contributed by atoms with van der Waals surface area (Å²) >= 11 is 6.37. The molecule has 1 aromatic carbocycles. The third-order valence-electron chi connectivity index (χ3n) is 5.74. The van der Waals surface area contributed by atoms with Crippen molar-refractivity contribution in [2.75, 3.05) is 25.4 Å². The number of hydrogen-bond acceptors (Lipinski definition) is 7. The molecule has 8 heteroatoms. The molecule has 1 aromatic heterocycles. The summed E-state index contributed by atoms with van der Waals surface area (Å²) in [6.45, 7) is 6.99. The van der Waals surface area contributed by atoms with Gasteiger partial charge in [-0.05, 0) is 58.8 Å². The van der Waals surface area contributed by atoms with Crippen LogP contribution in [-0.4, -0.2) is 40.3 Å². The van der Waals surface area contributed by atoms with Gasteiger partial charge in [-0.15, -0.1) is 0 Å². The fourth-order valence-electron chi connectivity index (χ4n) is 4.19. The molecule has 0 saturated carbocycles. The molecule has 4 rings (SSSR count). The fourth-order valence-corrected chi connectivity index (χ4v) is 4.42. The van der Waals surface area contributed by atoms with Gasteiger partial charge >= 0.3 is 0 Å². The van der Waals surface area contributed by atoms with Gasteiger partial charge in [-0.2, -0.15) is 10.2 Å². The van der Waals surface area contributed by atoms with Gasteiger partial charge in [-0.25, -0.2) is 0 Å². The number of nitrogen functional groups attached to an aromatic ring is 1. The molecule has 0 atom stereocenters. The molecule has 2 N–H and O–H groups in total. The first-order valence-corrected chi connectivity index (χ1v) is 10.5. The summed E-state index contributed by atoms with van der Waals surface area (Å²) in [5.41, 5.74) is 8.00. The minimum Gasteiger partial charge on any atom is -0.486 e. The van der Waals surface area contributed by atoms with Crippen molar-refractivity contribution in [3.05, 3.63) is 22.5 Å². The van der Waals surface area contributed by atoms with Gasteiger partial charge in [0.05, 0.1) is 22.3 Å². The van der Waals surface area contributed by atoms with E-state index in [1.54, 1.807) is 6.07 Å². The predicted octanol–water partition coefficient (Wildman–Crippen LogP) is 4.17. The van der Waals surface area contributed by atoms with Crippen LogP contribution in [0.15, 0.2) is 10.6 Å². The molecule has 0 amide bonds. The summed E-state index contributed by atoms with van der Waals surface area (Å²) in [6.07, 6.45) is 4.19. The molecular weight excluding hydrogens is 390 g/mol. The van der Waals surface area contributed by atoms with Gasteiger partial charge < -0.3 is 19.9 Å². The van der Waals surface area contributed by atoms with Crippen LogP contribution >= 0.6 is 11.6 Å². The number of unbranched alkanes of at least 4 members (excludes halogenated alkanes) is 1. The zero-order valence-corrected chi connectivity index (χ0v) is 17.6. The average molecular weight is 416 g/mol. The van der Waals surface area contributed by atoms with E-state index in [1.165, 1.54) is 0 Å². The topological polar surface area (TPSA) is 101 Å². The van der Waals surface area contributed by atoms with Crippen LogP contribution in [-0.2, 0) is 6.42 Å². The second-order valence-corrected chi connectivity index (χ2v) is 8.91. The number of fused-ring (bicyclic) bond motifs is 1. The number of benzene rings is 1. The fraction of sp³-hybridized carbons (Fsp3) is 0.571. The van der Waals surface area contributed by atoms with Crippen LogP contribution in [0.4, 0.5) is 5.69 Å². The molecule has 1 fully saturated rings. The number of nitrogens with zero attached hydrogens (tertiary/aromatic N) is 4. The maximum absolute atomic E-state index is 8.68. The monoisotopic (exact) mass is 415 g/mol. The highest BCUT2D eigenvalue weighted by atomic mass is 35.5. The first kappa shape index (κ1) is 20.0. The van der Waals surface area contributed by atoms with Gasteiger partial charge in [0.2, 0.25) is 0 Å². The van der Waals surface area contributed by atoms with Crippen LogP contribution in [0.25, 0.3) is 11.5 Å². The molecule has 2 aliphatic rings. The standard InChI is InChI=1S/C21H26ClN5O2/c1-21(2)12-15-17(24)16(22)11-14(18(15)28-21)20-25-19(26-29-20)13-5-9-27(10-6-13)8-4-3-7-23/h11,13H,3-6,8-10,12,24H2,1-2H3. The highest BCUT2D eigenvalue weighted by Gasteiger charge is 2.36. The molecule has 1 saturated heterocycles. The van der Waals surface area contributed by atoms with E-state index < -0.39 is 0 Å². The van der Waals surface area contributed by atoms with E-state index in [1.807, 2.05) is 13.8 Å². The first-order chi connectivity index (χ1) is 13.9. The van der Waals surface area contributed by atoms with E-state index in [4.69, 9.17) is 31.9 Å². The largest absolute Gasteiger partial charge is 0.486 e. The smallest absolute Gasteiger partial charge is 0.261 e. The molecule has 2 aromatic rings. The second-order valence-electron chi connectivity index (χ2n) is 8.50. The van der Waals surface area contributed by atoms with Gasteiger partial charge in [0, 0.05) is 24.3 Å². The van der Waals surface area contributed by atoms with E-state index in [0.717, 1.165) is 50.3 Å². The molecule has 29 heavy (non-hydrogen) atoms. The Morgan fingerprint density at radius 2 is 2.14 bits per heavy atom. The van der Waals surface area contributed by atoms with Crippen molar-refractivity contribution >= 4 is 17.3 Å². The highest BCUT2D eigenvalue weighted by molar-refractivity contribution is 6.33. The molecule has 0 bridgehead atoms. The Morgan fingerprint density at radius 1 is 1.38 bits per heavy atom. The van der Waals surface area contributed by atoms with Gasteiger partial charge in [0.15, 0.2) is 5.82 Å². The lowest BCUT2D eigenvalue weighted by atomic mass is 9.96. The Labute approximate surface area is 175 Å². The zero-order valence-electron chi connectivity index (χ0n) is 16.9. The van der Waals surface area contributed by atoms with Crippen molar-refractivity contribution in [3.8, 4) is 23.3 Å². The quantitative estimate of drug-likeness (QED) is 0.577. The maximum atomic E-state index is 8.68.